The highest BCUT2D eigenvalue weighted by Gasteiger charge is 2.39. The molecular weight excluding hydrogens is 298 g/mol. The molecule has 1 aromatic heterocycles. The van der Waals surface area contributed by atoms with E-state index in [0.29, 0.717) is 18.5 Å². The molecule has 2 aromatic rings. The molecule has 8 heteroatoms. The molecule has 2 aliphatic heterocycles. The van der Waals surface area contributed by atoms with Crippen LogP contribution in [-0.2, 0) is 16.1 Å². The zero-order chi connectivity index (χ0) is 16.0. The molecule has 3 heterocycles. The van der Waals surface area contributed by atoms with Crippen molar-refractivity contribution in [3.05, 3.63) is 41.7 Å². The molecule has 23 heavy (non-hydrogen) atoms. The summed E-state index contributed by atoms with van der Waals surface area (Å²) in [6.07, 6.45) is 3.91. The third-order valence-corrected chi connectivity index (χ3v) is 4.19. The Morgan fingerprint density at radius 3 is 2.83 bits per heavy atom. The van der Waals surface area contributed by atoms with Crippen LogP contribution in [0.3, 0.4) is 0 Å². The minimum Gasteiger partial charge on any atom is -0.322 e. The number of nitrogens with zero attached hydrogens (tertiary/aromatic N) is 4. The summed E-state index contributed by atoms with van der Waals surface area (Å²) < 4.78 is 1.61. The van der Waals surface area contributed by atoms with Gasteiger partial charge >= 0.3 is 0 Å². The van der Waals surface area contributed by atoms with E-state index in [9.17, 15) is 14.4 Å². The minimum absolute atomic E-state index is 0.181. The Morgan fingerprint density at radius 1 is 1.22 bits per heavy atom. The number of fused-ring (bicyclic) bond motifs is 1. The Balaban J connectivity index is 1.63. The first-order valence-corrected chi connectivity index (χ1v) is 7.28. The summed E-state index contributed by atoms with van der Waals surface area (Å²) >= 11 is 0. The molecule has 3 amide bonds. The molecule has 1 N–H and O–H groups in total. The van der Waals surface area contributed by atoms with Crippen LogP contribution in [-0.4, -0.2) is 43.7 Å². The Hall–Kier alpha value is -3.03. The number of amides is 3. The lowest BCUT2D eigenvalue weighted by molar-refractivity contribution is -0.136. The van der Waals surface area contributed by atoms with Crippen LogP contribution in [0.1, 0.15) is 28.8 Å². The van der Waals surface area contributed by atoms with Crippen molar-refractivity contribution >= 4 is 17.7 Å². The third-order valence-electron chi connectivity index (χ3n) is 4.19. The van der Waals surface area contributed by atoms with E-state index in [1.807, 2.05) is 6.07 Å². The van der Waals surface area contributed by atoms with Gasteiger partial charge < -0.3 is 4.90 Å². The quantitative estimate of drug-likeness (QED) is 0.789. The van der Waals surface area contributed by atoms with E-state index in [2.05, 4.69) is 15.6 Å². The standard InChI is InChI=1S/C15H13N5O3/c21-13-4-3-12(14(22)17-13)19-8-9-7-10(20-6-5-16-18-20)1-2-11(9)15(19)23/h1-2,5-7,12H,3-4,8H2,(H,17,21,22). The van der Waals surface area contributed by atoms with Crippen LogP contribution >= 0.6 is 0 Å². The van der Waals surface area contributed by atoms with Crippen LogP contribution < -0.4 is 5.32 Å². The van der Waals surface area contributed by atoms with Gasteiger partial charge in [-0.25, -0.2) is 4.68 Å². The molecule has 0 radical (unpaired) electrons. The van der Waals surface area contributed by atoms with Crippen LogP contribution in [0, 0.1) is 0 Å². The highest BCUT2D eigenvalue weighted by molar-refractivity contribution is 6.05. The fourth-order valence-corrected chi connectivity index (χ4v) is 3.05. The van der Waals surface area contributed by atoms with Gasteiger partial charge in [0.05, 0.1) is 18.1 Å². The lowest BCUT2D eigenvalue weighted by Crippen LogP contribution is -2.52. The second-order valence-electron chi connectivity index (χ2n) is 5.59. The maximum Gasteiger partial charge on any atom is 0.255 e. The number of hydrogen-bond donors (Lipinski definition) is 1. The molecule has 1 unspecified atom stereocenters. The number of rotatable bonds is 2. The normalized spacial score (nSPS) is 20.6. The van der Waals surface area contributed by atoms with E-state index in [0.717, 1.165) is 11.3 Å². The molecule has 0 saturated carbocycles. The van der Waals surface area contributed by atoms with Crippen molar-refractivity contribution in [1.29, 1.82) is 0 Å². The summed E-state index contributed by atoms with van der Waals surface area (Å²) in [6, 6.07) is 4.80. The van der Waals surface area contributed by atoms with Crippen molar-refractivity contribution in [2.45, 2.75) is 25.4 Å². The average Bonchev–Trinajstić information content (AvgIpc) is 3.16. The zero-order valence-corrected chi connectivity index (χ0v) is 12.1. The number of hydrogen-bond acceptors (Lipinski definition) is 5. The van der Waals surface area contributed by atoms with Crippen molar-refractivity contribution in [2.24, 2.45) is 0 Å². The molecule has 8 nitrogen and oxygen atoms in total. The molecule has 116 valence electrons. The van der Waals surface area contributed by atoms with Crippen LogP contribution in [0.2, 0.25) is 0 Å². The second kappa shape index (κ2) is 5.01. The maximum atomic E-state index is 12.5. The van der Waals surface area contributed by atoms with Crippen molar-refractivity contribution in [1.82, 2.24) is 25.2 Å². The monoisotopic (exact) mass is 311 g/mol. The predicted octanol–water partition coefficient (Wildman–Crippen LogP) is 0.0283. The Labute approximate surface area is 131 Å². The summed E-state index contributed by atoms with van der Waals surface area (Å²) in [5.74, 6) is -0.873. The number of nitrogens with one attached hydrogen (secondary N) is 1. The lowest BCUT2D eigenvalue weighted by atomic mass is 10.0. The van der Waals surface area contributed by atoms with Gasteiger partial charge in [0.25, 0.3) is 5.91 Å². The fourth-order valence-electron chi connectivity index (χ4n) is 3.05. The van der Waals surface area contributed by atoms with Crippen LogP contribution in [0.4, 0.5) is 0 Å². The predicted molar refractivity (Wildman–Crippen MR) is 77.4 cm³/mol. The Bertz CT molecular complexity index is 815. The Kier molecular flexibility index (Phi) is 2.97. The number of benzene rings is 1. The highest BCUT2D eigenvalue weighted by atomic mass is 16.2. The van der Waals surface area contributed by atoms with Crippen molar-refractivity contribution in [3.8, 4) is 5.69 Å². The van der Waals surface area contributed by atoms with Crippen LogP contribution in [0.5, 0.6) is 0 Å². The number of carbonyl (C=O) groups excluding carboxylic acids is 3. The van der Waals surface area contributed by atoms with Crippen molar-refractivity contribution in [3.63, 3.8) is 0 Å². The second-order valence-corrected chi connectivity index (χ2v) is 5.59. The molecule has 0 spiro atoms. The molecule has 1 fully saturated rings. The molecular formula is C15H13N5O3. The topological polar surface area (TPSA) is 97.2 Å². The maximum absolute atomic E-state index is 12.5. The van der Waals surface area contributed by atoms with Gasteiger partial charge in [0.15, 0.2) is 0 Å². The van der Waals surface area contributed by atoms with Gasteiger partial charge in [0, 0.05) is 18.5 Å². The first kappa shape index (κ1) is 13.6. The lowest BCUT2D eigenvalue weighted by Gasteiger charge is -2.29. The van der Waals surface area contributed by atoms with E-state index >= 15 is 0 Å². The summed E-state index contributed by atoms with van der Waals surface area (Å²) in [5.41, 5.74) is 2.23. The minimum atomic E-state index is -0.595. The van der Waals surface area contributed by atoms with E-state index < -0.39 is 11.9 Å². The van der Waals surface area contributed by atoms with Gasteiger partial charge in [-0.2, -0.15) is 0 Å². The smallest absolute Gasteiger partial charge is 0.255 e. The molecule has 1 saturated heterocycles. The SMILES string of the molecule is O=C1CCC(N2Cc3cc(-n4ccnn4)ccc3C2=O)C(=O)N1. The van der Waals surface area contributed by atoms with E-state index in [1.165, 1.54) is 4.90 Å². The van der Waals surface area contributed by atoms with E-state index in [1.54, 1.807) is 29.2 Å². The summed E-state index contributed by atoms with van der Waals surface area (Å²) in [6.45, 7) is 0.350. The van der Waals surface area contributed by atoms with Gasteiger partial charge in [-0.15, -0.1) is 5.10 Å². The molecule has 1 aromatic carbocycles. The van der Waals surface area contributed by atoms with Gasteiger partial charge in [-0.05, 0) is 30.2 Å². The average molecular weight is 311 g/mol. The summed E-state index contributed by atoms with van der Waals surface area (Å²) in [5, 5.41) is 9.98. The Morgan fingerprint density at radius 2 is 2.09 bits per heavy atom. The van der Waals surface area contributed by atoms with Crippen LogP contribution in [0.15, 0.2) is 30.6 Å². The first-order valence-electron chi connectivity index (χ1n) is 7.28. The largest absolute Gasteiger partial charge is 0.322 e. The molecule has 2 aliphatic rings. The van der Waals surface area contributed by atoms with Crippen molar-refractivity contribution in [2.75, 3.05) is 0 Å². The number of imide groups is 1. The summed E-state index contributed by atoms with van der Waals surface area (Å²) in [7, 11) is 0. The zero-order valence-electron chi connectivity index (χ0n) is 12.1. The van der Waals surface area contributed by atoms with Gasteiger partial charge in [0.1, 0.15) is 6.04 Å². The van der Waals surface area contributed by atoms with Gasteiger partial charge in [-0.3, -0.25) is 19.7 Å². The molecule has 0 aliphatic carbocycles. The highest BCUT2D eigenvalue weighted by Crippen LogP contribution is 2.28. The molecule has 4 rings (SSSR count). The molecule has 1 atom stereocenters. The molecule has 0 bridgehead atoms. The van der Waals surface area contributed by atoms with Gasteiger partial charge in [0.2, 0.25) is 11.8 Å². The summed E-state index contributed by atoms with van der Waals surface area (Å²) in [4.78, 5) is 37.3. The van der Waals surface area contributed by atoms with Gasteiger partial charge in [-0.1, -0.05) is 5.21 Å². The number of carbonyl (C=O) groups is 3. The third kappa shape index (κ3) is 2.19. The number of piperidine rings is 1. The van der Waals surface area contributed by atoms with E-state index in [4.69, 9.17) is 0 Å². The first-order chi connectivity index (χ1) is 11.1. The van der Waals surface area contributed by atoms with E-state index in [-0.39, 0.29) is 18.2 Å². The number of aromatic nitrogens is 3. The van der Waals surface area contributed by atoms with Crippen molar-refractivity contribution < 1.29 is 14.4 Å². The fraction of sp³-hybridized carbons (Fsp3) is 0.267. The van der Waals surface area contributed by atoms with Crippen LogP contribution in [0.25, 0.3) is 5.69 Å².